The summed E-state index contributed by atoms with van der Waals surface area (Å²) in [5.74, 6) is 0. The maximum atomic E-state index is 12.5. The van der Waals surface area contributed by atoms with Gasteiger partial charge < -0.3 is 0 Å². The zero-order chi connectivity index (χ0) is 16.0. The minimum Gasteiger partial charge on any atom is -0.296 e. The first-order valence-electron chi connectivity index (χ1n) is 7.86. The summed E-state index contributed by atoms with van der Waals surface area (Å²) in [6, 6.07) is 4.00. The summed E-state index contributed by atoms with van der Waals surface area (Å²) in [6.07, 6.45) is 5.48. The van der Waals surface area contributed by atoms with E-state index >= 15 is 0 Å². The zero-order valence-corrected chi connectivity index (χ0v) is 14.3. The zero-order valence-electron chi connectivity index (χ0n) is 13.5. The Kier molecular flexibility index (Phi) is 6.31. The molecule has 1 aliphatic heterocycles. The van der Waals surface area contributed by atoms with Gasteiger partial charge in [-0.1, -0.05) is 13.3 Å². The van der Waals surface area contributed by atoms with E-state index in [1.165, 1.54) is 9.87 Å². The topological polar surface area (TPSA) is 56.8 Å². The first-order chi connectivity index (χ1) is 10.5. The van der Waals surface area contributed by atoms with Crippen molar-refractivity contribution in [3.63, 3.8) is 0 Å². The van der Waals surface area contributed by atoms with Crippen molar-refractivity contribution in [1.29, 1.82) is 0 Å². The molecule has 1 saturated heterocycles. The molecule has 1 aliphatic rings. The Bertz CT molecular complexity index is 542. The lowest BCUT2D eigenvalue weighted by Crippen LogP contribution is -2.52. The van der Waals surface area contributed by atoms with Gasteiger partial charge in [0.1, 0.15) is 0 Å². The Morgan fingerprint density at radius 2 is 1.82 bits per heavy atom. The van der Waals surface area contributed by atoms with E-state index in [1.54, 1.807) is 23.7 Å². The van der Waals surface area contributed by atoms with E-state index in [1.807, 2.05) is 12.1 Å². The minimum absolute atomic E-state index is 0.559. The van der Waals surface area contributed by atoms with Crippen molar-refractivity contribution < 1.29 is 8.42 Å². The smallest absolute Gasteiger partial charge is 0.281 e. The van der Waals surface area contributed by atoms with Crippen LogP contribution in [0.5, 0.6) is 0 Å². The van der Waals surface area contributed by atoms with Gasteiger partial charge in [-0.2, -0.15) is 17.0 Å². The number of pyridine rings is 1. The van der Waals surface area contributed by atoms with Crippen LogP contribution in [0.1, 0.15) is 25.3 Å². The van der Waals surface area contributed by atoms with Crippen LogP contribution in [-0.4, -0.2) is 66.7 Å². The van der Waals surface area contributed by atoms with Crippen molar-refractivity contribution in [3.05, 3.63) is 30.1 Å². The van der Waals surface area contributed by atoms with Gasteiger partial charge in [0.05, 0.1) is 0 Å². The van der Waals surface area contributed by atoms with Gasteiger partial charge in [0.15, 0.2) is 0 Å². The molecule has 0 amide bonds. The highest BCUT2D eigenvalue weighted by molar-refractivity contribution is 7.86. The fraction of sp³-hybridized carbons (Fsp3) is 0.667. The van der Waals surface area contributed by atoms with Crippen LogP contribution in [-0.2, 0) is 16.8 Å². The van der Waals surface area contributed by atoms with Gasteiger partial charge in [0.25, 0.3) is 10.2 Å². The van der Waals surface area contributed by atoms with Gasteiger partial charge in [-0.3, -0.25) is 9.88 Å². The van der Waals surface area contributed by atoms with Crippen LogP contribution in [0.4, 0.5) is 0 Å². The lowest BCUT2D eigenvalue weighted by molar-refractivity contribution is 0.176. The Hall–Kier alpha value is -1.02. The van der Waals surface area contributed by atoms with E-state index < -0.39 is 10.2 Å². The van der Waals surface area contributed by atoms with Crippen LogP contribution in [0.2, 0.25) is 0 Å². The third-order valence-corrected chi connectivity index (χ3v) is 6.02. The first-order valence-corrected chi connectivity index (χ1v) is 9.26. The number of nitrogens with zero attached hydrogens (tertiary/aromatic N) is 4. The van der Waals surface area contributed by atoms with Gasteiger partial charge in [-0.15, -0.1) is 0 Å². The third-order valence-electron chi connectivity index (χ3n) is 4.03. The van der Waals surface area contributed by atoms with E-state index in [-0.39, 0.29) is 0 Å². The minimum atomic E-state index is -3.30. The Labute approximate surface area is 133 Å². The van der Waals surface area contributed by atoms with Crippen LogP contribution in [0, 0.1) is 0 Å². The standard InChI is InChI=1S/C15H26N4O2S/c1-3-4-9-17(2)22(20,21)19-12-10-18(11-13-19)14-15-5-7-16-8-6-15/h5-8H,3-4,9-14H2,1-2H3. The first kappa shape index (κ1) is 17.3. The number of unbranched alkanes of at least 4 members (excludes halogenated alkanes) is 1. The molecule has 0 aliphatic carbocycles. The van der Waals surface area contributed by atoms with E-state index in [0.29, 0.717) is 19.6 Å². The molecule has 2 rings (SSSR count). The second-order valence-corrected chi connectivity index (χ2v) is 7.75. The fourth-order valence-corrected chi connectivity index (χ4v) is 3.94. The number of hydrogen-bond acceptors (Lipinski definition) is 4. The number of piperazine rings is 1. The van der Waals surface area contributed by atoms with Crippen molar-refractivity contribution in [2.24, 2.45) is 0 Å². The van der Waals surface area contributed by atoms with E-state index in [4.69, 9.17) is 0 Å². The summed E-state index contributed by atoms with van der Waals surface area (Å²) in [5.41, 5.74) is 1.21. The predicted molar refractivity (Wildman–Crippen MR) is 87.5 cm³/mol. The monoisotopic (exact) mass is 326 g/mol. The molecule has 7 heteroatoms. The highest BCUT2D eigenvalue weighted by Crippen LogP contribution is 2.13. The number of rotatable bonds is 7. The molecular weight excluding hydrogens is 300 g/mol. The van der Waals surface area contributed by atoms with Crippen molar-refractivity contribution in [2.75, 3.05) is 39.8 Å². The van der Waals surface area contributed by atoms with Gasteiger partial charge >= 0.3 is 0 Å². The molecular formula is C15H26N4O2S. The summed E-state index contributed by atoms with van der Waals surface area (Å²) >= 11 is 0. The summed E-state index contributed by atoms with van der Waals surface area (Å²) in [5, 5.41) is 0. The van der Waals surface area contributed by atoms with Crippen molar-refractivity contribution >= 4 is 10.2 Å². The average molecular weight is 326 g/mol. The second-order valence-electron chi connectivity index (χ2n) is 5.71. The van der Waals surface area contributed by atoms with Gasteiger partial charge in [0, 0.05) is 58.7 Å². The molecule has 0 radical (unpaired) electrons. The highest BCUT2D eigenvalue weighted by Gasteiger charge is 2.29. The molecule has 0 aromatic carbocycles. The Morgan fingerprint density at radius 1 is 1.18 bits per heavy atom. The number of hydrogen-bond donors (Lipinski definition) is 0. The third kappa shape index (κ3) is 4.49. The predicted octanol–water partition coefficient (Wildman–Crippen LogP) is 1.18. The highest BCUT2D eigenvalue weighted by atomic mass is 32.2. The van der Waals surface area contributed by atoms with Gasteiger partial charge in [0.2, 0.25) is 0 Å². The summed E-state index contributed by atoms with van der Waals surface area (Å²) in [4.78, 5) is 6.30. The maximum absolute atomic E-state index is 12.5. The molecule has 0 saturated carbocycles. The van der Waals surface area contributed by atoms with E-state index in [0.717, 1.165) is 32.5 Å². The summed E-state index contributed by atoms with van der Waals surface area (Å²) < 4.78 is 28.0. The van der Waals surface area contributed by atoms with Crippen molar-refractivity contribution in [1.82, 2.24) is 18.5 Å². The molecule has 1 aromatic rings. The molecule has 1 aromatic heterocycles. The van der Waals surface area contributed by atoms with Gasteiger partial charge in [-0.05, 0) is 24.1 Å². The van der Waals surface area contributed by atoms with Gasteiger partial charge in [-0.25, -0.2) is 0 Å². The fourth-order valence-electron chi connectivity index (χ4n) is 2.56. The van der Waals surface area contributed by atoms with Crippen LogP contribution in [0.3, 0.4) is 0 Å². The lowest BCUT2D eigenvalue weighted by Gasteiger charge is -2.35. The van der Waals surface area contributed by atoms with Crippen molar-refractivity contribution in [3.8, 4) is 0 Å². The quantitative estimate of drug-likeness (QED) is 0.755. The van der Waals surface area contributed by atoms with Crippen LogP contribution >= 0.6 is 0 Å². The molecule has 0 N–H and O–H groups in total. The molecule has 2 heterocycles. The summed E-state index contributed by atoms with van der Waals surface area (Å²) in [7, 11) is -1.63. The lowest BCUT2D eigenvalue weighted by atomic mass is 10.2. The van der Waals surface area contributed by atoms with E-state index in [9.17, 15) is 8.42 Å². The molecule has 0 spiro atoms. The van der Waals surface area contributed by atoms with Crippen molar-refractivity contribution in [2.45, 2.75) is 26.3 Å². The maximum Gasteiger partial charge on any atom is 0.281 e. The Morgan fingerprint density at radius 3 is 2.41 bits per heavy atom. The van der Waals surface area contributed by atoms with Crippen LogP contribution < -0.4 is 0 Å². The summed E-state index contributed by atoms with van der Waals surface area (Å²) in [6.45, 7) is 6.16. The molecule has 1 fully saturated rings. The largest absolute Gasteiger partial charge is 0.296 e. The molecule has 22 heavy (non-hydrogen) atoms. The SMILES string of the molecule is CCCCN(C)S(=O)(=O)N1CCN(Cc2ccncc2)CC1. The van der Waals surface area contributed by atoms with E-state index in [2.05, 4.69) is 16.8 Å². The average Bonchev–Trinajstić information content (AvgIpc) is 2.54. The molecule has 0 atom stereocenters. The van der Waals surface area contributed by atoms with Crippen LogP contribution in [0.25, 0.3) is 0 Å². The molecule has 0 bridgehead atoms. The normalized spacial score (nSPS) is 18.0. The number of aromatic nitrogens is 1. The van der Waals surface area contributed by atoms with Crippen LogP contribution in [0.15, 0.2) is 24.5 Å². The molecule has 6 nitrogen and oxygen atoms in total. The molecule has 124 valence electrons. The second kappa shape index (κ2) is 8.01. The Balaban J connectivity index is 1.86. The molecule has 0 unspecified atom stereocenters.